The van der Waals surface area contributed by atoms with Gasteiger partial charge >= 0.3 is 5.97 Å². The number of carboxylic acid groups (broad SMARTS) is 1. The van der Waals surface area contributed by atoms with Crippen molar-refractivity contribution in [3.8, 4) is 11.4 Å². The van der Waals surface area contributed by atoms with Gasteiger partial charge in [-0.3, -0.25) is 0 Å². The lowest BCUT2D eigenvalue weighted by atomic mass is 10.1. The smallest absolute Gasteiger partial charge is 0.335 e. The van der Waals surface area contributed by atoms with Gasteiger partial charge in [0.05, 0.1) is 5.56 Å². The van der Waals surface area contributed by atoms with Crippen LogP contribution in [0.2, 0.25) is 0 Å². The van der Waals surface area contributed by atoms with Crippen LogP contribution in [-0.4, -0.2) is 25.6 Å². The van der Waals surface area contributed by atoms with E-state index in [1.165, 1.54) is 0 Å². The molecule has 112 valence electrons. The summed E-state index contributed by atoms with van der Waals surface area (Å²) in [4.78, 5) is 20.2. The number of benzene rings is 1. The molecule has 0 fully saturated rings. The number of carboxylic acids is 1. The maximum atomic E-state index is 11.2. The highest BCUT2D eigenvalue weighted by Gasteiger charge is 2.15. The summed E-state index contributed by atoms with van der Waals surface area (Å²) in [6.45, 7) is 5.04. The van der Waals surface area contributed by atoms with E-state index in [0.717, 1.165) is 29.1 Å². The molecular weight excluding hydrogens is 278 g/mol. The number of aromatic nitrogens is 3. The van der Waals surface area contributed by atoms with Crippen molar-refractivity contribution >= 4 is 17.1 Å². The van der Waals surface area contributed by atoms with Crippen molar-refractivity contribution < 1.29 is 9.90 Å². The number of rotatable bonds is 4. The molecule has 2 heterocycles. The van der Waals surface area contributed by atoms with Crippen LogP contribution in [0.1, 0.15) is 24.2 Å². The van der Waals surface area contributed by atoms with Gasteiger partial charge in [0, 0.05) is 18.3 Å². The van der Waals surface area contributed by atoms with Gasteiger partial charge in [0.25, 0.3) is 0 Å². The lowest BCUT2D eigenvalue weighted by molar-refractivity contribution is 0.0697. The molecule has 5 heteroatoms. The molecule has 0 saturated heterocycles. The summed E-state index contributed by atoms with van der Waals surface area (Å²) in [6, 6.07) is 10.6. The largest absolute Gasteiger partial charge is 0.478 e. The molecule has 3 rings (SSSR count). The molecule has 2 aromatic heterocycles. The fraction of sp³-hybridized carbons (Fsp3) is 0.235. The predicted octanol–water partition coefficient (Wildman–Crippen LogP) is 3.45. The summed E-state index contributed by atoms with van der Waals surface area (Å²) >= 11 is 0. The Bertz CT molecular complexity index is 837. The maximum Gasteiger partial charge on any atom is 0.335 e. The third kappa shape index (κ3) is 2.57. The average Bonchev–Trinajstić information content (AvgIpc) is 2.86. The number of imidazole rings is 1. The van der Waals surface area contributed by atoms with E-state index in [2.05, 4.69) is 28.4 Å². The van der Waals surface area contributed by atoms with Crippen molar-refractivity contribution in [2.45, 2.75) is 20.4 Å². The van der Waals surface area contributed by atoms with Crippen molar-refractivity contribution in [1.82, 2.24) is 14.5 Å². The topological polar surface area (TPSA) is 68.0 Å². The molecule has 0 aliphatic carbocycles. The molecule has 0 spiro atoms. The molecule has 0 amide bonds. The molecule has 0 unspecified atom stereocenters. The molecule has 1 N–H and O–H groups in total. The van der Waals surface area contributed by atoms with Crippen LogP contribution in [-0.2, 0) is 6.54 Å². The van der Waals surface area contributed by atoms with E-state index < -0.39 is 5.97 Å². The predicted molar refractivity (Wildman–Crippen MR) is 84.8 cm³/mol. The van der Waals surface area contributed by atoms with Gasteiger partial charge in [0.2, 0.25) is 0 Å². The van der Waals surface area contributed by atoms with Gasteiger partial charge in [0.1, 0.15) is 11.3 Å². The van der Waals surface area contributed by atoms with E-state index in [1.807, 2.05) is 18.2 Å². The molecule has 0 radical (unpaired) electrons. The zero-order valence-electron chi connectivity index (χ0n) is 12.5. The highest BCUT2D eigenvalue weighted by molar-refractivity contribution is 5.89. The van der Waals surface area contributed by atoms with Gasteiger partial charge < -0.3 is 9.67 Å². The van der Waals surface area contributed by atoms with Crippen molar-refractivity contribution in [3.05, 3.63) is 48.2 Å². The summed E-state index contributed by atoms with van der Waals surface area (Å²) < 4.78 is 2.06. The molecule has 22 heavy (non-hydrogen) atoms. The molecular formula is C17H17N3O2. The van der Waals surface area contributed by atoms with Crippen molar-refractivity contribution in [3.63, 3.8) is 0 Å². The minimum atomic E-state index is -0.938. The van der Waals surface area contributed by atoms with E-state index in [1.54, 1.807) is 24.4 Å². The summed E-state index contributed by atoms with van der Waals surface area (Å²) in [5.41, 5.74) is 2.69. The SMILES string of the molecule is CC(C)Cn1c(-c2cccc(C(=O)O)c2)nc2cccnc21. The first-order valence-electron chi connectivity index (χ1n) is 7.21. The fourth-order valence-electron chi connectivity index (χ4n) is 2.51. The molecule has 0 atom stereocenters. The number of fused-ring (bicyclic) bond motifs is 1. The minimum Gasteiger partial charge on any atom is -0.478 e. The Balaban J connectivity index is 2.21. The number of hydrogen-bond acceptors (Lipinski definition) is 3. The summed E-state index contributed by atoms with van der Waals surface area (Å²) in [7, 11) is 0. The lowest BCUT2D eigenvalue weighted by Crippen LogP contribution is -2.07. The number of aromatic carboxylic acids is 1. The van der Waals surface area contributed by atoms with Crippen LogP contribution in [0.5, 0.6) is 0 Å². The molecule has 0 aliphatic heterocycles. The summed E-state index contributed by atoms with van der Waals surface area (Å²) in [5, 5.41) is 9.17. The second-order valence-corrected chi connectivity index (χ2v) is 5.67. The van der Waals surface area contributed by atoms with E-state index >= 15 is 0 Å². The first-order valence-corrected chi connectivity index (χ1v) is 7.21. The van der Waals surface area contributed by atoms with Gasteiger partial charge in [-0.25, -0.2) is 14.8 Å². The van der Waals surface area contributed by atoms with Crippen molar-refractivity contribution in [1.29, 1.82) is 0 Å². The van der Waals surface area contributed by atoms with E-state index in [0.29, 0.717) is 5.92 Å². The highest BCUT2D eigenvalue weighted by atomic mass is 16.4. The summed E-state index contributed by atoms with van der Waals surface area (Å²) in [5.74, 6) is 0.248. The van der Waals surface area contributed by atoms with Gasteiger partial charge in [-0.05, 0) is 30.2 Å². The molecule has 0 aliphatic rings. The van der Waals surface area contributed by atoms with E-state index in [-0.39, 0.29) is 5.56 Å². The Morgan fingerprint density at radius 3 is 2.82 bits per heavy atom. The first-order chi connectivity index (χ1) is 10.6. The fourth-order valence-corrected chi connectivity index (χ4v) is 2.51. The third-order valence-electron chi connectivity index (χ3n) is 3.42. The number of hydrogen-bond donors (Lipinski definition) is 1. The van der Waals surface area contributed by atoms with Gasteiger partial charge in [0.15, 0.2) is 5.65 Å². The minimum absolute atomic E-state index is 0.258. The Morgan fingerprint density at radius 1 is 1.27 bits per heavy atom. The van der Waals surface area contributed by atoms with E-state index in [9.17, 15) is 9.90 Å². The number of pyridine rings is 1. The van der Waals surface area contributed by atoms with Gasteiger partial charge in [-0.1, -0.05) is 26.0 Å². The van der Waals surface area contributed by atoms with Crippen molar-refractivity contribution in [2.75, 3.05) is 0 Å². The monoisotopic (exact) mass is 295 g/mol. The second-order valence-electron chi connectivity index (χ2n) is 5.67. The number of carbonyl (C=O) groups is 1. The van der Waals surface area contributed by atoms with E-state index in [4.69, 9.17) is 0 Å². The Morgan fingerprint density at radius 2 is 2.09 bits per heavy atom. The summed E-state index contributed by atoms with van der Waals surface area (Å²) in [6.07, 6.45) is 1.75. The van der Waals surface area contributed by atoms with Crippen LogP contribution in [0.25, 0.3) is 22.6 Å². The quantitative estimate of drug-likeness (QED) is 0.800. The van der Waals surface area contributed by atoms with Gasteiger partial charge in [-0.15, -0.1) is 0 Å². The third-order valence-corrected chi connectivity index (χ3v) is 3.42. The van der Waals surface area contributed by atoms with Crippen LogP contribution < -0.4 is 0 Å². The normalized spacial score (nSPS) is 11.2. The number of nitrogens with zero attached hydrogens (tertiary/aromatic N) is 3. The first kappa shape index (κ1) is 14.3. The lowest BCUT2D eigenvalue weighted by Gasteiger charge is -2.11. The van der Waals surface area contributed by atoms with Crippen LogP contribution in [0.3, 0.4) is 0 Å². The molecule has 0 bridgehead atoms. The average molecular weight is 295 g/mol. The molecule has 1 aromatic carbocycles. The van der Waals surface area contributed by atoms with Gasteiger partial charge in [-0.2, -0.15) is 0 Å². The zero-order chi connectivity index (χ0) is 15.7. The Labute approximate surface area is 128 Å². The molecule has 3 aromatic rings. The van der Waals surface area contributed by atoms with Crippen LogP contribution >= 0.6 is 0 Å². The Hall–Kier alpha value is -2.69. The second kappa shape index (κ2) is 5.60. The van der Waals surface area contributed by atoms with Crippen LogP contribution in [0, 0.1) is 5.92 Å². The van der Waals surface area contributed by atoms with Crippen LogP contribution in [0.4, 0.5) is 0 Å². The van der Waals surface area contributed by atoms with Crippen molar-refractivity contribution in [2.24, 2.45) is 5.92 Å². The molecule has 0 saturated carbocycles. The Kier molecular flexibility index (Phi) is 3.63. The maximum absolute atomic E-state index is 11.2. The highest BCUT2D eigenvalue weighted by Crippen LogP contribution is 2.25. The standard InChI is InChI=1S/C17H17N3O2/c1-11(2)10-20-15(19-14-7-4-8-18-16(14)20)12-5-3-6-13(9-12)17(21)22/h3-9,11H,10H2,1-2H3,(H,21,22). The van der Waals surface area contributed by atoms with Crippen LogP contribution in [0.15, 0.2) is 42.6 Å². The zero-order valence-corrected chi connectivity index (χ0v) is 12.5. The molecule has 5 nitrogen and oxygen atoms in total.